The van der Waals surface area contributed by atoms with E-state index in [1.165, 1.54) is 13.2 Å². The first-order chi connectivity index (χ1) is 7.99. The van der Waals surface area contributed by atoms with Gasteiger partial charge in [0.1, 0.15) is 5.83 Å². The molecular formula is C13H18FNO2. The second-order valence-corrected chi connectivity index (χ2v) is 4.18. The first-order valence-electron chi connectivity index (χ1n) is 5.49. The van der Waals surface area contributed by atoms with Gasteiger partial charge in [0.05, 0.1) is 13.5 Å². The highest BCUT2D eigenvalue weighted by Gasteiger charge is 2.30. The average Bonchev–Trinajstić information content (AvgIpc) is 2.29. The molecule has 0 aliphatic carbocycles. The van der Waals surface area contributed by atoms with Crippen LogP contribution in [0, 0.1) is 5.92 Å². The first-order valence-corrected chi connectivity index (χ1v) is 5.49. The number of allylic oxidation sites excluding steroid dienone is 3. The highest BCUT2D eigenvalue weighted by Crippen LogP contribution is 2.28. The SMILES string of the molecule is C=C/C(F)=C(/C)C(=C)N1CC(CC(=O)OC)C1. The number of rotatable bonds is 5. The number of hydrogen-bond donors (Lipinski definition) is 0. The Balaban J connectivity index is 2.45. The third-order valence-corrected chi connectivity index (χ3v) is 2.99. The van der Waals surface area contributed by atoms with Crippen LogP contribution in [0.1, 0.15) is 13.3 Å². The van der Waals surface area contributed by atoms with E-state index in [1.54, 1.807) is 6.92 Å². The van der Waals surface area contributed by atoms with Crippen molar-refractivity contribution in [2.75, 3.05) is 20.2 Å². The van der Waals surface area contributed by atoms with E-state index >= 15 is 0 Å². The van der Waals surface area contributed by atoms with Gasteiger partial charge in [0.2, 0.25) is 0 Å². The Hall–Kier alpha value is -1.58. The van der Waals surface area contributed by atoms with Crippen molar-refractivity contribution in [3.8, 4) is 0 Å². The highest BCUT2D eigenvalue weighted by atomic mass is 19.1. The molecule has 1 aliphatic rings. The summed E-state index contributed by atoms with van der Waals surface area (Å²) in [5, 5.41) is 0. The summed E-state index contributed by atoms with van der Waals surface area (Å²) in [5.74, 6) is -0.282. The summed E-state index contributed by atoms with van der Waals surface area (Å²) in [5.41, 5.74) is 1.15. The lowest BCUT2D eigenvalue weighted by molar-refractivity contribution is -0.142. The Bertz CT molecular complexity index is 368. The first kappa shape index (κ1) is 13.5. The molecule has 0 aromatic heterocycles. The van der Waals surface area contributed by atoms with Crippen molar-refractivity contribution in [1.29, 1.82) is 0 Å². The number of carbonyl (C=O) groups is 1. The number of likely N-dealkylation sites (tertiary alicyclic amines) is 1. The van der Waals surface area contributed by atoms with Gasteiger partial charge in [-0.2, -0.15) is 0 Å². The highest BCUT2D eigenvalue weighted by molar-refractivity contribution is 5.69. The van der Waals surface area contributed by atoms with Crippen LogP contribution in [0.3, 0.4) is 0 Å². The van der Waals surface area contributed by atoms with Crippen molar-refractivity contribution in [3.63, 3.8) is 0 Å². The molecule has 0 bridgehead atoms. The van der Waals surface area contributed by atoms with E-state index in [2.05, 4.69) is 17.9 Å². The zero-order valence-electron chi connectivity index (χ0n) is 10.3. The molecular weight excluding hydrogens is 221 g/mol. The molecule has 1 fully saturated rings. The third-order valence-electron chi connectivity index (χ3n) is 2.99. The number of hydrogen-bond acceptors (Lipinski definition) is 3. The summed E-state index contributed by atoms with van der Waals surface area (Å²) in [6.07, 6.45) is 1.58. The van der Waals surface area contributed by atoms with E-state index in [9.17, 15) is 9.18 Å². The maximum atomic E-state index is 13.3. The summed E-state index contributed by atoms with van der Waals surface area (Å²) in [6, 6.07) is 0. The third kappa shape index (κ3) is 3.19. The minimum absolute atomic E-state index is 0.204. The molecule has 0 atom stereocenters. The molecule has 1 aliphatic heterocycles. The maximum Gasteiger partial charge on any atom is 0.305 e. The lowest BCUT2D eigenvalue weighted by Gasteiger charge is -2.42. The second-order valence-electron chi connectivity index (χ2n) is 4.18. The lowest BCUT2D eigenvalue weighted by Crippen LogP contribution is -2.46. The fourth-order valence-electron chi connectivity index (χ4n) is 1.77. The van der Waals surface area contributed by atoms with Gasteiger partial charge in [-0.15, -0.1) is 0 Å². The van der Waals surface area contributed by atoms with Crippen molar-refractivity contribution < 1.29 is 13.9 Å². The van der Waals surface area contributed by atoms with Crippen LogP contribution in [0.2, 0.25) is 0 Å². The Morgan fingerprint density at radius 1 is 1.59 bits per heavy atom. The summed E-state index contributed by atoms with van der Waals surface area (Å²) in [6.45, 7) is 10.3. The van der Waals surface area contributed by atoms with Crippen LogP contribution < -0.4 is 0 Å². The molecule has 94 valence electrons. The summed E-state index contributed by atoms with van der Waals surface area (Å²) >= 11 is 0. The van der Waals surface area contributed by atoms with Crippen molar-refractivity contribution >= 4 is 5.97 Å². The van der Waals surface area contributed by atoms with E-state index in [1.807, 2.05) is 4.90 Å². The van der Waals surface area contributed by atoms with Gasteiger partial charge < -0.3 is 9.64 Å². The smallest absolute Gasteiger partial charge is 0.305 e. The summed E-state index contributed by atoms with van der Waals surface area (Å²) < 4.78 is 17.9. The number of carbonyl (C=O) groups excluding carboxylic acids is 1. The molecule has 0 unspecified atom stereocenters. The van der Waals surface area contributed by atoms with Crippen molar-refractivity contribution in [2.24, 2.45) is 5.92 Å². The molecule has 0 radical (unpaired) electrons. The minimum Gasteiger partial charge on any atom is -0.469 e. The van der Waals surface area contributed by atoms with Gasteiger partial charge in [-0.3, -0.25) is 4.79 Å². The molecule has 0 spiro atoms. The molecule has 0 N–H and O–H groups in total. The summed E-state index contributed by atoms with van der Waals surface area (Å²) in [4.78, 5) is 13.0. The molecule has 0 saturated carbocycles. The normalized spacial score (nSPS) is 17.0. The Labute approximate surface area is 101 Å². The Morgan fingerprint density at radius 3 is 2.65 bits per heavy atom. The molecule has 17 heavy (non-hydrogen) atoms. The number of esters is 1. The molecule has 1 saturated heterocycles. The topological polar surface area (TPSA) is 29.5 Å². The van der Waals surface area contributed by atoms with Crippen molar-refractivity contribution in [3.05, 3.63) is 36.3 Å². The van der Waals surface area contributed by atoms with Crippen LogP contribution in [0.5, 0.6) is 0 Å². The molecule has 4 heteroatoms. The molecule has 3 nitrogen and oxygen atoms in total. The van der Waals surface area contributed by atoms with Crippen LogP contribution >= 0.6 is 0 Å². The number of ether oxygens (including phenoxy) is 1. The van der Waals surface area contributed by atoms with Gasteiger partial charge in [-0.1, -0.05) is 13.2 Å². The van der Waals surface area contributed by atoms with Crippen molar-refractivity contribution in [2.45, 2.75) is 13.3 Å². The van der Waals surface area contributed by atoms with Crippen LogP contribution in [0.25, 0.3) is 0 Å². The molecule has 0 aromatic rings. The fourth-order valence-corrected chi connectivity index (χ4v) is 1.77. The van der Waals surface area contributed by atoms with Crippen molar-refractivity contribution in [1.82, 2.24) is 4.90 Å². The van der Waals surface area contributed by atoms with Gasteiger partial charge in [-0.25, -0.2) is 4.39 Å². The largest absolute Gasteiger partial charge is 0.469 e. The standard InChI is InChI=1S/C13H18FNO2/c1-5-12(14)9(2)10(3)15-7-11(8-15)6-13(16)17-4/h5,11H,1,3,6-8H2,2,4H3/b12-9+. The van der Waals surface area contributed by atoms with E-state index in [0.29, 0.717) is 17.7 Å². The zero-order valence-corrected chi connectivity index (χ0v) is 10.3. The van der Waals surface area contributed by atoms with Crippen LogP contribution in [0.4, 0.5) is 4.39 Å². The van der Waals surface area contributed by atoms with E-state index in [-0.39, 0.29) is 17.7 Å². The number of nitrogens with zero attached hydrogens (tertiary/aromatic N) is 1. The van der Waals surface area contributed by atoms with Gasteiger partial charge >= 0.3 is 5.97 Å². The van der Waals surface area contributed by atoms with Crippen LogP contribution in [0.15, 0.2) is 36.3 Å². The number of methoxy groups -OCH3 is 1. The Morgan fingerprint density at radius 2 is 2.18 bits per heavy atom. The van der Waals surface area contributed by atoms with E-state index < -0.39 is 0 Å². The fraction of sp³-hybridized carbons (Fsp3) is 0.462. The maximum absolute atomic E-state index is 13.3. The van der Waals surface area contributed by atoms with Gasteiger partial charge in [-0.05, 0) is 13.0 Å². The predicted octanol–water partition coefficient (Wildman–Crippen LogP) is 2.42. The van der Waals surface area contributed by atoms with Gasteiger partial charge in [0, 0.05) is 30.3 Å². The van der Waals surface area contributed by atoms with E-state index in [0.717, 1.165) is 13.1 Å². The molecule has 0 aromatic carbocycles. The Kier molecular flexibility index (Phi) is 4.49. The predicted molar refractivity (Wildman–Crippen MR) is 64.8 cm³/mol. The second kappa shape index (κ2) is 5.66. The van der Waals surface area contributed by atoms with Gasteiger partial charge in [0.15, 0.2) is 0 Å². The van der Waals surface area contributed by atoms with Crippen LogP contribution in [-0.4, -0.2) is 31.1 Å². The lowest BCUT2D eigenvalue weighted by atomic mass is 9.94. The van der Waals surface area contributed by atoms with E-state index in [4.69, 9.17) is 0 Å². The summed E-state index contributed by atoms with van der Waals surface area (Å²) in [7, 11) is 1.38. The minimum atomic E-state index is -0.355. The average molecular weight is 239 g/mol. The monoisotopic (exact) mass is 239 g/mol. The molecule has 1 rings (SSSR count). The number of halogens is 1. The molecule has 1 heterocycles. The zero-order chi connectivity index (χ0) is 13.0. The quantitative estimate of drug-likeness (QED) is 0.545. The van der Waals surface area contributed by atoms with Gasteiger partial charge in [0.25, 0.3) is 0 Å². The van der Waals surface area contributed by atoms with Crippen LogP contribution in [-0.2, 0) is 9.53 Å². The molecule has 0 amide bonds.